The Morgan fingerprint density at radius 3 is 1.65 bits per heavy atom. The van der Waals surface area contributed by atoms with Crippen LogP contribution in [-0.2, 0) is 25.6 Å². The molecule has 1 aliphatic heterocycles. The lowest BCUT2D eigenvalue weighted by Crippen LogP contribution is -2.34. The largest absolute Gasteiger partial charge is 0.487 e. The molecule has 1 unspecified atom stereocenters. The van der Waals surface area contributed by atoms with Crippen LogP contribution >= 0.6 is 0 Å². The second-order valence-corrected chi connectivity index (χ2v) is 9.39. The van der Waals surface area contributed by atoms with Crippen LogP contribution in [0, 0.1) is 0 Å². The molecule has 1 N–H and O–H groups in total. The van der Waals surface area contributed by atoms with Gasteiger partial charge in [0, 0.05) is 18.1 Å². The van der Waals surface area contributed by atoms with Crippen LogP contribution in [-0.4, -0.2) is 10.7 Å². The average Bonchev–Trinajstić information content (AvgIpc) is 2.80. The van der Waals surface area contributed by atoms with Crippen molar-refractivity contribution in [1.29, 1.82) is 0 Å². The predicted molar refractivity (Wildman–Crippen MR) is 122 cm³/mol. The van der Waals surface area contributed by atoms with Crippen molar-refractivity contribution in [2.75, 3.05) is 0 Å². The summed E-state index contributed by atoms with van der Waals surface area (Å²) in [5, 5.41) is 10.6. The van der Waals surface area contributed by atoms with Gasteiger partial charge in [-0.3, -0.25) is 0 Å². The molecule has 0 aliphatic carbocycles. The SMILES string of the molecule is CC1(C)CC(O)c2cc(OCc3ccc(C(F)(F)F)cc3)c(OCc3ccc(C(F)(F)F)cc3)cc2O1. The van der Waals surface area contributed by atoms with Gasteiger partial charge < -0.3 is 19.3 Å². The van der Waals surface area contributed by atoms with Gasteiger partial charge in [0.2, 0.25) is 0 Å². The second-order valence-electron chi connectivity index (χ2n) is 9.39. The van der Waals surface area contributed by atoms with Crippen LogP contribution in [0.15, 0.2) is 60.7 Å². The van der Waals surface area contributed by atoms with Gasteiger partial charge in [0.05, 0.1) is 17.2 Å². The Morgan fingerprint density at radius 1 is 0.784 bits per heavy atom. The van der Waals surface area contributed by atoms with Crippen LogP contribution in [0.1, 0.15) is 54.2 Å². The van der Waals surface area contributed by atoms with Crippen molar-refractivity contribution in [2.24, 2.45) is 0 Å². The summed E-state index contributed by atoms with van der Waals surface area (Å²) in [4.78, 5) is 0. The van der Waals surface area contributed by atoms with E-state index < -0.39 is 35.2 Å². The van der Waals surface area contributed by atoms with Crippen LogP contribution in [0.5, 0.6) is 17.2 Å². The highest BCUT2D eigenvalue weighted by Gasteiger charge is 2.34. The number of halogens is 6. The van der Waals surface area contributed by atoms with Gasteiger partial charge in [-0.25, -0.2) is 0 Å². The molecule has 0 spiro atoms. The Bertz CT molecular complexity index is 1230. The fraction of sp³-hybridized carbons (Fsp3) is 0.333. The average molecular weight is 526 g/mol. The Morgan fingerprint density at radius 2 is 1.22 bits per heavy atom. The number of fused-ring (bicyclic) bond motifs is 1. The summed E-state index contributed by atoms with van der Waals surface area (Å²) in [6, 6.07) is 12.1. The molecule has 0 amide bonds. The van der Waals surface area contributed by atoms with E-state index in [0.717, 1.165) is 24.3 Å². The molecule has 10 heteroatoms. The Kier molecular flexibility index (Phi) is 7.07. The van der Waals surface area contributed by atoms with Crippen LogP contribution in [0.25, 0.3) is 0 Å². The molecule has 1 atom stereocenters. The van der Waals surface area contributed by atoms with Crippen LogP contribution in [0.4, 0.5) is 26.3 Å². The van der Waals surface area contributed by atoms with Crippen LogP contribution in [0.2, 0.25) is 0 Å². The van der Waals surface area contributed by atoms with Gasteiger partial charge in [0.1, 0.15) is 24.6 Å². The summed E-state index contributed by atoms with van der Waals surface area (Å²) in [5.74, 6) is 0.774. The zero-order valence-corrected chi connectivity index (χ0v) is 19.9. The molecule has 37 heavy (non-hydrogen) atoms. The lowest BCUT2D eigenvalue weighted by Gasteiger charge is -2.36. The third-order valence-electron chi connectivity index (χ3n) is 5.86. The first-order chi connectivity index (χ1) is 17.2. The molecule has 198 valence electrons. The first kappa shape index (κ1) is 26.7. The van der Waals surface area contributed by atoms with Gasteiger partial charge in [0.25, 0.3) is 0 Å². The van der Waals surface area contributed by atoms with Crippen LogP contribution < -0.4 is 14.2 Å². The first-order valence-corrected chi connectivity index (χ1v) is 11.3. The van der Waals surface area contributed by atoms with Gasteiger partial charge in [-0.2, -0.15) is 26.3 Å². The zero-order valence-electron chi connectivity index (χ0n) is 19.9. The molecule has 0 saturated heterocycles. The smallest absolute Gasteiger partial charge is 0.416 e. The second kappa shape index (κ2) is 9.81. The highest BCUT2D eigenvalue weighted by Crippen LogP contribution is 2.45. The predicted octanol–water partition coefficient (Wildman–Crippen LogP) is 7.48. The number of hydrogen-bond donors (Lipinski definition) is 1. The van der Waals surface area contributed by atoms with E-state index in [9.17, 15) is 31.4 Å². The van der Waals surface area contributed by atoms with Crippen molar-refractivity contribution in [2.45, 2.75) is 57.5 Å². The third kappa shape index (κ3) is 6.49. The van der Waals surface area contributed by atoms with E-state index in [4.69, 9.17) is 14.2 Å². The fourth-order valence-electron chi connectivity index (χ4n) is 3.95. The van der Waals surface area contributed by atoms with Gasteiger partial charge in [0.15, 0.2) is 11.5 Å². The zero-order chi connectivity index (χ0) is 27.0. The van der Waals surface area contributed by atoms with Crippen molar-refractivity contribution in [3.63, 3.8) is 0 Å². The highest BCUT2D eigenvalue weighted by molar-refractivity contribution is 5.53. The van der Waals surface area contributed by atoms with Gasteiger partial charge in [-0.1, -0.05) is 24.3 Å². The molecule has 4 nitrogen and oxygen atoms in total. The molecule has 3 aromatic carbocycles. The van der Waals surface area contributed by atoms with E-state index in [1.54, 1.807) is 6.07 Å². The van der Waals surface area contributed by atoms with Crippen molar-refractivity contribution in [1.82, 2.24) is 0 Å². The van der Waals surface area contributed by atoms with E-state index in [2.05, 4.69) is 0 Å². The van der Waals surface area contributed by atoms with Gasteiger partial charge >= 0.3 is 12.4 Å². The summed E-state index contributed by atoms with van der Waals surface area (Å²) in [7, 11) is 0. The van der Waals surface area contributed by atoms with Gasteiger partial charge in [-0.15, -0.1) is 0 Å². The molecule has 0 saturated carbocycles. The normalized spacial score (nSPS) is 17.1. The number of ether oxygens (including phenoxy) is 3. The maximum Gasteiger partial charge on any atom is 0.416 e. The Labute approximate surface area is 209 Å². The molecule has 0 fully saturated rings. The lowest BCUT2D eigenvalue weighted by molar-refractivity contribution is -0.138. The molecular formula is C27H24F6O4. The van der Waals surface area contributed by atoms with E-state index in [1.807, 2.05) is 13.8 Å². The minimum Gasteiger partial charge on any atom is -0.487 e. The quantitative estimate of drug-likeness (QED) is 0.339. The highest BCUT2D eigenvalue weighted by atomic mass is 19.4. The molecule has 0 radical (unpaired) electrons. The summed E-state index contributed by atoms with van der Waals surface area (Å²) >= 11 is 0. The maximum atomic E-state index is 12.8. The number of hydrogen-bond acceptors (Lipinski definition) is 4. The van der Waals surface area contributed by atoms with E-state index in [1.165, 1.54) is 30.3 Å². The fourth-order valence-corrected chi connectivity index (χ4v) is 3.95. The Hall–Kier alpha value is -3.40. The summed E-state index contributed by atoms with van der Waals surface area (Å²) in [6.45, 7) is 3.46. The molecule has 1 heterocycles. The molecule has 0 aromatic heterocycles. The first-order valence-electron chi connectivity index (χ1n) is 11.3. The Balaban J connectivity index is 1.57. The van der Waals surface area contributed by atoms with E-state index in [0.29, 0.717) is 28.9 Å². The lowest BCUT2D eigenvalue weighted by atomic mass is 9.91. The molecule has 0 bridgehead atoms. The molecular weight excluding hydrogens is 502 g/mol. The van der Waals surface area contributed by atoms with Gasteiger partial charge in [-0.05, 0) is 55.3 Å². The van der Waals surface area contributed by atoms with Crippen LogP contribution in [0.3, 0.4) is 0 Å². The van der Waals surface area contributed by atoms with E-state index in [-0.39, 0.29) is 24.7 Å². The number of rotatable bonds is 6. The van der Waals surface area contributed by atoms with Crippen molar-refractivity contribution in [3.05, 3.63) is 88.5 Å². The minimum absolute atomic E-state index is 0.0838. The number of aliphatic hydroxyl groups is 1. The number of aliphatic hydroxyl groups excluding tert-OH is 1. The van der Waals surface area contributed by atoms with Crippen molar-refractivity contribution >= 4 is 0 Å². The summed E-state index contributed by atoms with van der Waals surface area (Å²) < 4.78 is 94.7. The maximum absolute atomic E-state index is 12.8. The summed E-state index contributed by atoms with van der Waals surface area (Å²) in [6.07, 6.45) is -9.44. The summed E-state index contributed by atoms with van der Waals surface area (Å²) in [5.41, 5.74) is -0.815. The van der Waals surface area contributed by atoms with Crippen molar-refractivity contribution in [3.8, 4) is 17.2 Å². The number of alkyl halides is 6. The number of benzene rings is 3. The topological polar surface area (TPSA) is 47.9 Å². The molecule has 3 aromatic rings. The molecule has 4 rings (SSSR count). The molecule has 1 aliphatic rings. The third-order valence-corrected chi connectivity index (χ3v) is 5.86. The minimum atomic E-state index is -4.46. The van der Waals surface area contributed by atoms with E-state index >= 15 is 0 Å². The van der Waals surface area contributed by atoms with Crippen molar-refractivity contribution < 1.29 is 45.7 Å². The monoisotopic (exact) mass is 526 g/mol. The standard InChI is InChI=1S/C27H24F6O4/c1-25(2)13-21(34)20-11-23(35-14-16-3-7-18(8-4-16)26(28,29)30)24(12-22(20)37-25)36-15-17-5-9-19(10-6-17)27(31,32)33/h3-12,21,34H,13-15H2,1-2H3.